The third kappa shape index (κ3) is 1.70. The van der Waals surface area contributed by atoms with Crippen LogP contribution in [0.1, 0.15) is 27.2 Å². The molecule has 0 spiro atoms. The van der Waals surface area contributed by atoms with Crippen LogP contribution in [0.5, 0.6) is 0 Å². The van der Waals surface area contributed by atoms with Crippen LogP contribution in [0.25, 0.3) is 0 Å². The van der Waals surface area contributed by atoms with Gasteiger partial charge in [-0.3, -0.25) is 5.32 Å². The first-order valence-corrected chi connectivity index (χ1v) is 4.82. The van der Waals surface area contributed by atoms with Gasteiger partial charge in [0.1, 0.15) is 5.54 Å². The Balaban J connectivity index is 2.75. The van der Waals surface area contributed by atoms with Crippen molar-refractivity contribution in [3.05, 3.63) is 0 Å². The van der Waals surface area contributed by atoms with Gasteiger partial charge in [0, 0.05) is 5.41 Å². The summed E-state index contributed by atoms with van der Waals surface area (Å²) in [6, 6.07) is 2.37. The Morgan fingerprint density at radius 1 is 1.46 bits per heavy atom. The zero-order valence-corrected chi connectivity index (χ0v) is 8.68. The topological polar surface area (TPSA) is 45.0 Å². The second-order valence-corrected chi connectivity index (χ2v) is 4.32. The fraction of sp³-hybridized carbons (Fsp3) is 0.900. The fourth-order valence-corrected chi connectivity index (χ4v) is 1.63. The Morgan fingerprint density at radius 2 is 2.15 bits per heavy atom. The van der Waals surface area contributed by atoms with E-state index in [1.54, 1.807) is 0 Å². The predicted octanol–water partition coefficient (Wildman–Crippen LogP) is 1.30. The molecule has 0 aliphatic carbocycles. The van der Waals surface area contributed by atoms with E-state index in [0.29, 0.717) is 13.2 Å². The van der Waals surface area contributed by atoms with E-state index in [0.717, 1.165) is 13.0 Å². The highest BCUT2D eigenvalue weighted by molar-refractivity contribution is 5.18. The van der Waals surface area contributed by atoms with Crippen molar-refractivity contribution in [1.29, 1.82) is 5.26 Å². The lowest BCUT2D eigenvalue weighted by Crippen LogP contribution is -2.54. The smallest absolute Gasteiger partial charge is 0.137 e. The van der Waals surface area contributed by atoms with Crippen LogP contribution in [-0.2, 0) is 4.74 Å². The summed E-state index contributed by atoms with van der Waals surface area (Å²) in [4.78, 5) is 0. The van der Waals surface area contributed by atoms with Gasteiger partial charge in [0.25, 0.3) is 0 Å². The molecule has 1 fully saturated rings. The van der Waals surface area contributed by atoms with E-state index in [-0.39, 0.29) is 5.41 Å². The molecule has 0 aromatic carbocycles. The Kier molecular flexibility index (Phi) is 2.94. The molecule has 0 bridgehead atoms. The minimum Gasteiger partial charge on any atom is -0.378 e. The highest BCUT2D eigenvalue weighted by Crippen LogP contribution is 2.36. The average Bonchev–Trinajstić information content (AvgIpc) is 2.38. The lowest BCUT2D eigenvalue weighted by molar-refractivity contribution is 0.166. The van der Waals surface area contributed by atoms with Crippen molar-refractivity contribution in [2.75, 3.05) is 19.8 Å². The van der Waals surface area contributed by atoms with Gasteiger partial charge >= 0.3 is 0 Å². The second kappa shape index (κ2) is 3.65. The van der Waals surface area contributed by atoms with Crippen molar-refractivity contribution in [2.24, 2.45) is 5.41 Å². The molecule has 1 saturated heterocycles. The highest BCUT2D eigenvalue weighted by Gasteiger charge is 2.50. The van der Waals surface area contributed by atoms with E-state index in [1.807, 2.05) is 0 Å². The van der Waals surface area contributed by atoms with Crippen molar-refractivity contribution < 1.29 is 4.74 Å². The zero-order valence-electron chi connectivity index (χ0n) is 8.68. The quantitative estimate of drug-likeness (QED) is 0.715. The number of ether oxygens (including phenoxy) is 1. The lowest BCUT2D eigenvalue weighted by Gasteiger charge is -2.33. The van der Waals surface area contributed by atoms with E-state index in [9.17, 15) is 5.26 Å². The normalized spacial score (nSPS) is 31.5. The van der Waals surface area contributed by atoms with E-state index in [4.69, 9.17) is 4.74 Å². The van der Waals surface area contributed by atoms with Crippen molar-refractivity contribution >= 4 is 0 Å². The van der Waals surface area contributed by atoms with Crippen LogP contribution in [0, 0.1) is 16.7 Å². The summed E-state index contributed by atoms with van der Waals surface area (Å²) in [6.45, 7) is 8.30. The molecule has 3 nitrogen and oxygen atoms in total. The molecule has 0 aromatic rings. The van der Waals surface area contributed by atoms with Crippen molar-refractivity contribution in [1.82, 2.24) is 5.32 Å². The maximum atomic E-state index is 9.19. The van der Waals surface area contributed by atoms with E-state index < -0.39 is 5.54 Å². The highest BCUT2D eigenvalue weighted by atomic mass is 16.5. The van der Waals surface area contributed by atoms with Gasteiger partial charge in [-0.15, -0.1) is 0 Å². The van der Waals surface area contributed by atoms with Crippen molar-refractivity contribution in [3.8, 4) is 6.07 Å². The summed E-state index contributed by atoms with van der Waals surface area (Å²) in [7, 11) is 0. The molecular formula is C10H18N2O. The Labute approximate surface area is 80.1 Å². The Hall–Kier alpha value is -0.590. The zero-order chi connectivity index (χ0) is 9.95. The summed E-state index contributed by atoms with van der Waals surface area (Å²) in [5.41, 5.74) is -0.570. The minimum absolute atomic E-state index is 0.0864. The first-order chi connectivity index (χ1) is 6.08. The van der Waals surface area contributed by atoms with Crippen LogP contribution in [0.3, 0.4) is 0 Å². The van der Waals surface area contributed by atoms with Crippen LogP contribution >= 0.6 is 0 Å². The van der Waals surface area contributed by atoms with Crippen LogP contribution < -0.4 is 5.32 Å². The molecule has 1 aliphatic rings. The molecule has 74 valence electrons. The van der Waals surface area contributed by atoms with Crippen LogP contribution in [0.4, 0.5) is 0 Å². The van der Waals surface area contributed by atoms with Gasteiger partial charge in [0.2, 0.25) is 0 Å². The number of nitrogens with one attached hydrogen (secondary N) is 1. The van der Waals surface area contributed by atoms with Gasteiger partial charge in [-0.05, 0) is 13.0 Å². The molecule has 13 heavy (non-hydrogen) atoms. The molecule has 1 unspecified atom stereocenters. The van der Waals surface area contributed by atoms with Crippen LogP contribution in [0.2, 0.25) is 0 Å². The predicted molar refractivity (Wildman–Crippen MR) is 51.2 cm³/mol. The molecule has 1 aliphatic heterocycles. The molecule has 0 saturated carbocycles. The second-order valence-electron chi connectivity index (χ2n) is 4.32. The van der Waals surface area contributed by atoms with Crippen LogP contribution in [0.15, 0.2) is 0 Å². The van der Waals surface area contributed by atoms with Crippen LogP contribution in [-0.4, -0.2) is 25.3 Å². The summed E-state index contributed by atoms with van der Waals surface area (Å²) >= 11 is 0. The van der Waals surface area contributed by atoms with Gasteiger partial charge in [-0.2, -0.15) is 5.26 Å². The molecule has 1 rings (SSSR count). The van der Waals surface area contributed by atoms with Gasteiger partial charge < -0.3 is 4.74 Å². The number of nitrogens with zero attached hydrogens (tertiary/aromatic N) is 1. The van der Waals surface area contributed by atoms with Gasteiger partial charge in [0.15, 0.2) is 0 Å². The summed E-state index contributed by atoms with van der Waals surface area (Å²) in [5.74, 6) is 0. The summed E-state index contributed by atoms with van der Waals surface area (Å²) in [6.07, 6.45) is 1.04. The maximum Gasteiger partial charge on any atom is 0.137 e. The van der Waals surface area contributed by atoms with Gasteiger partial charge in [-0.25, -0.2) is 0 Å². The first kappa shape index (κ1) is 10.5. The minimum atomic E-state index is -0.483. The SMILES string of the molecule is CCCNC1(C#N)COCC1(C)C. The first-order valence-electron chi connectivity index (χ1n) is 4.82. The third-order valence-electron chi connectivity index (χ3n) is 2.80. The Morgan fingerprint density at radius 3 is 2.54 bits per heavy atom. The van der Waals surface area contributed by atoms with Gasteiger partial charge in [-0.1, -0.05) is 20.8 Å². The molecule has 0 radical (unpaired) electrons. The molecule has 1 N–H and O–H groups in total. The summed E-state index contributed by atoms with van der Waals surface area (Å²) < 4.78 is 5.38. The number of rotatable bonds is 3. The third-order valence-corrected chi connectivity index (χ3v) is 2.80. The summed E-state index contributed by atoms with van der Waals surface area (Å²) in [5, 5.41) is 12.5. The molecular weight excluding hydrogens is 164 g/mol. The largest absolute Gasteiger partial charge is 0.378 e. The van der Waals surface area contributed by atoms with E-state index in [1.165, 1.54) is 0 Å². The Bertz CT molecular complexity index is 219. The lowest BCUT2D eigenvalue weighted by atomic mass is 9.76. The van der Waals surface area contributed by atoms with E-state index in [2.05, 4.69) is 32.2 Å². The molecule has 1 atom stereocenters. The van der Waals surface area contributed by atoms with Gasteiger partial charge in [0.05, 0.1) is 19.3 Å². The fourth-order valence-electron chi connectivity index (χ4n) is 1.63. The number of hydrogen-bond donors (Lipinski definition) is 1. The molecule has 3 heteroatoms. The number of nitriles is 1. The van der Waals surface area contributed by atoms with E-state index >= 15 is 0 Å². The monoisotopic (exact) mass is 182 g/mol. The molecule has 1 heterocycles. The maximum absolute atomic E-state index is 9.19. The van der Waals surface area contributed by atoms with Crippen molar-refractivity contribution in [2.45, 2.75) is 32.7 Å². The van der Waals surface area contributed by atoms with Crippen molar-refractivity contribution in [3.63, 3.8) is 0 Å². The standard InChI is InChI=1S/C10H18N2O/c1-4-5-12-10(6-11)8-13-7-9(10,2)3/h12H,4-5,7-8H2,1-3H3. The molecule has 0 aromatic heterocycles. The molecule has 0 amide bonds. The average molecular weight is 182 g/mol. The number of hydrogen-bond acceptors (Lipinski definition) is 3.